The second-order valence-electron chi connectivity index (χ2n) is 4.87. The third kappa shape index (κ3) is 3.13. The topological polar surface area (TPSA) is 72.9 Å². The molecule has 0 bridgehead atoms. The highest BCUT2D eigenvalue weighted by Crippen LogP contribution is 2.23. The maximum Gasteiger partial charge on any atom is 0.251 e. The standard InChI is InChI=1S/C14H18N4O/c1-9(2)17-14(19)11-4-10(5-13(15)6-11)12-7-16-18(3)8-12/h4-9H,15H2,1-3H3,(H,17,19). The number of nitrogens with one attached hydrogen (secondary N) is 1. The Labute approximate surface area is 112 Å². The van der Waals surface area contributed by atoms with E-state index in [0.29, 0.717) is 11.3 Å². The molecule has 0 saturated carbocycles. The van der Waals surface area contributed by atoms with E-state index >= 15 is 0 Å². The first kappa shape index (κ1) is 13.1. The van der Waals surface area contributed by atoms with E-state index in [4.69, 9.17) is 5.73 Å². The maximum absolute atomic E-state index is 12.0. The molecule has 0 aliphatic heterocycles. The number of rotatable bonds is 3. The maximum atomic E-state index is 12.0. The van der Waals surface area contributed by atoms with Crippen molar-refractivity contribution in [3.8, 4) is 11.1 Å². The van der Waals surface area contributed by atoms with Gasteiger partial charge in [0.15, 0.2) is 0 Å². The van der Waals surface area contributed by atoms with Crippen LogP contribution in [0, 0.1) is 0 Å². The van der Waals surface area contributed by atoms with Gasteiger partial charge >= 0.3 is 0 Å². The quantitative estimate of drug-likeness (QED) is 0.825. The number of anilines is 1. The van der Waals surface area contributed by atoms with Crippen LogP contribution < -0.4 is 11.1 Å². The van der Waals surface area contributed by atoms with Crippen molar-refractivity contribution in [2.45, 2.75) is 19.9 Å². The number of nitrogens with zero attached hydrogens (tertiary/aromatic N) is 2. The average molecular weight is 258 g/mol. The third-order valence-electron chi connectivity index (χ3n) is 2.68. The Morgan fingerprint density at radius 2 is 2.05 bits per heavy atom. The smallest absolute Gasteiger partial charge is 0.251 e. The Bertz CT molecular complexity index is 601. The molecule has 0 spiro atoms. The van der Waals surface area contributed by atoms with Crippen molar-refractivity contribution < 1.29 is 4.79 Å². The molecule has 5 heteroatoms. The van der Waals surface area contributed by atoms with Gasteiger partial charge < -0.3 is 11.1 Å². The molecule has 0 atom stereocenters. The number of aryl methyl sites for hydroxylation is 1. The van der Waals surface area contributed by atoms with Crippen LogP contribution in [0.4, 0.5) is 5.69 Å². The Kier molecular flexibility index (Phi) is 3.55. The average Bonchev–Trinajstić information content (AvgIpc) is 2.74. The normalized spacial score (nSPS) is 10.7. The second kappa shape index (κ2) is 5.14. The zero-order valence-corrected chi connectivity index (χ0v) is 11.3. The van der Waals surface area contributed by atoms with Crippen LogP contribution in [0.25, 0.3) is 11.1 Å². The molecular formula is C14H18N4O. The predicted octanol–water partition coefficient (Wildman–Crippen LogP) is 1.81. The Morgan fingerprint density at radius 1 is 1.32 bits per heavy atom. The summed E-state index contributed by atoms with van der Waals surface area (Å²) in [4.78, 5) is 12.0. The summed E-state index contributed by atoms with van der Waals surface area (Å²) in [5, 5.41) is 6.98. The first-order valence-corrected chi connectivity index (χ1v) is 6.16. The largest absolute Gasteiger partial charge is 0.399 e. The fourth-order valence-electron chi connectivity index (χ4n) is 1.87. The number of carbonyl (C=O) groups excluding carboxylic acids is 1. The van der Waals surface area contributed by atoms with E-state index in [9.17, 15) is 4.79 Å². The lowest BCUT2D eigenvalue weighted by Gasteiger charge is -2.10. The van der Waals surface area contributed by atoms with Crippen molar-refractivity contribution >= 4 is 11.6 Å². The molecule has 2 aromatic rings. The zero-order valence-electron chi connectivity index (χ0n) is 11.3. The Balaban J connectivity index is 2.37. The summed E-state index contributed by atoms with van der Waals surface area (Å²) in [6, 6.07) is 5.43. The summed E-state index contributed by atoms with van der Waals surface area (Å²) in [5.74, 6) is -0.118. The molecular weight excluding hydrogens is 240 g/mol. The minimum atomic E-state index is -0.118. The van der Waals surface area contributed by atoms with Crippen LogP contribution >= 0.6 is 0 Å². The van der Waals surface area contributed by atoms with E-state index < -0.39 is 0 Å². The summed E-state index contributed by atoms with van der Waals surface area (Å²) in [5.41, 5.74) is 8.82. The van der Waals surface area contributed by atoms with Gasteiger partial charge in [-0.05, 0) is 37.6 Å². The molecule has 0 aliphatic rings. The Hall–Kier alpha value is -2.30. The van der Waals surface area contributed by atoms with Crippen LogP contribution in [-0.2, 0) is 7.05 Å². The summed E-state index contributed by atoms with van der Waals surface area (Å²) >= 11 is 0. The fraction of sp³-hybridized carbons (Fsp3) is 0.286. The van der Waals surface area contributed by atoms with Crippen molar-refractivity contribution in [2.75, 3.05) is 5.73 Å². The van der Waals surface area contributed by atoms with Crippen molar-refractivity contribution in [3.63, 3.8) is 0 Å². The van der Waals surface area contributed by atoms with Crippen LogP contribution in [0.2, 0.25) is 0 Å². The van der Waals surface area contributed by atoms with Gasteiger partial charge in [0.1, 0.15) is 0 Å². The number of aromatic nitrogens is 2. The van der Waals surface area contributed by atoms with E-state index in [0.717, 1.165) is 11.1 Å². The zero-order chi connectivity index (χ0) is 14.0. The molecule has 19 heavy (non-hydrogen) atoms. The second-order valence-corrected chi connectivity index (χ2v) is 4.87. The highest BCUT2D eigenvalue weighted by molar-refractivity contribution is 5.96. The molecule has 1 heterocycles. The number of nitrogen functional groups attached to an aromatic ring is 1. The molecule has 0 fully saturated rings. The first-order chi connectivity index (χ1) is 8.95. The first-order valence-electron chi connectivity index (χ1n) is 6.16. The van der Waals surface area contributed by atoms with Crippen molar-refractivity contribution in [2.24, 2.45) is 7.05 Å². The minimum Gasteiger partial charge on any atom is -0.399 e. The van der Waals surface area contributed by atoms with Crippen LogP contribution in [0.5, 0.6) is 0 Å². The van der Waals surface area contributed by atoms with Crippen molar-refractivity contribution in [1.29, 1.82) is 0 Å². The molecule has 3 N–H and O–H groups in total. The van der Waals surface area contributed by atoms with Gasteiger partial charge in [0.2, 0.25) is 0 Å². The van der Waals surface area contributed by atoms with Crippen LogP contribution in [0.3, 0.4) is 0 Å². The molecule has 5 nitrogen and oxygen atoms in total. The van der Waals surface area contributed by atoms with Crippen LogP contribution in [-0.4, -0.2) is 21.7 Å². The van der Waals surface area contributed by atoms with Crippen LogP contribution in [0.15, 0.2) is 30.6 Å². The lowest BCUT2D eigenvalue weighted by Crippen LogP contribution is -2.30. The molecule has 0 radical (unpaired) electrons. The third-order valence-corrected chi connectivity index (χ3v) is 2.68. The lowest BCUT2D eigenvalue weighted by atomic mass is 10.0. The molecule has 0 unspecified atom stereocenters. The molecule has 100 valence electrons. The molecule has 1 aromatic carbocycles. The number of nitrogens with two attached hydrogens (primary N) is 1. The highest BCUT2D eigenvalue weighted by Gasteiger charge is 2.10. The molecule has 1 amide bonds. The predicted molar refractivity (Wildman–Crippen MR) is 75.7 cm³/mol. The number of benzene rings is 1. The van der Waals surface area contributed by atoms with Gasteiger partial charge in [-0.25, -0.2) is 0 Å². The number of hydrogen-bond acceptors (Lipinski definition) is 3. The minimum absolute atomic E-state index is 0.0933. The molecule has 0 aliphatic carbocycles. The lowest BCUT2D eigenvalue weighted by molar-refractivity contribution is 0.0943. The monoisotopic (exact) mass is 258 g/mol. The number of hydrogen-bond donors (Lipinski definition) is 2. The molecule has 2 rings (SSSR count). The van der Waals surface area contributed by atoms with E-state index in [1.54, 1.807) is 16.9 Å². The molecule has 0 saturated heterocycles. The summed E-state index contributed by atoms with van der Waals surface area (Å²) in [7, 11) is 1.85. The number of amides is 1. The summed E-state index contributed by atoms with van der Waals surface area (Å²) in [6.45, 7) is 3.85. The van der Waals surface area contributed by atoms with Gasteiger partial charge in [-0.15, -0.1) is 0 Å². The fourth-order valence-corrected chi connectivity index (χ4v) is 1.87. The van der Waals surface area contributed by atoms with Gasteiger partial charge in [0.25, 0.3) is 5.91 Å². The van der Waals surface area contributed by atoms with E-state index in [1.807, 2.05) is 39.2 Å². The van der Waals surface area contributed by atoms with Gasteiger partial charge in [0.05, 0.1) is 6.20 Å². The van der Waals surface area contributed by atoms with E-state index in [1.165, 1.54) is 0 Å². The van der Waals surface area contributed by atoms with Crippen molar-refractivity contribution in [1.82, 2.24) is 15.1 Å². The van der Waals surface area contributed by atoms with Gasteiger partial charge in [0, 0.05) is 36.1 Å². The van der Waals surface area contributed by atoms with Crippen molar-refractivity contribution in [3.05, 3.63) is 36.2 Å². The van der Waals surface area contributed by atoms with Gasteiger partial charge in [-0.2, -0.15) is 5.10 Å². The van der Waals surface area contributed by atoms with Crippen LogP contribution in [0.1, 0.15) is 24.2 Å². The van der Waals surface area contributed by atoms with E-state index in [-0.39, 0.29) is 11.9 Å². The van der Waals surface area contributed by atoms with Gasteiger partial charge in [-0.1, -0.05) is 0 Å². The summed E-state index contributed by atoms with van der Waals surface area (Å²) < 4.78 is 1.71. The molecule has 1 aromatic heterocycles. The highest BCUT2D eigenvalue weighted by atomic mass is 16.1. The number of carbonyl (C=O) groups is 1. The SMILES string of the molecule is CC(C)NC(=O)c1cc(N)cc(-c2cnn(C)c2)c1. The Morgan fingerprint density at radius 3 is 2.63 bits per heavy atom. The van der Waals surface area contributed by atoms with Gasteiger partial charge in [-0.3, -0.25) is 9.48 Å². The van der Waals surface area contributed by atoms with E-state index in [2.05, 4.69) is 10.4 Å². The summed E-state index contributed by atoms with van der Waals surface area (Å²) in [6.07, 6.45) is 3.64.